The molecule has 0 rings (SSSR count). The zero-order valence-electron chi connectivity index (χ0n) is 11.4. The predicted molar refractivity (Wildman–Crippen MR) is 52.9 cm³/mol. The zero-order chi connectivity index (χ0) is 15.7. The summed E-state index contributed by atoms with van der Waals surface area (Å²) in [7, 11) is 0. The fourth-order valence-electron chi connectivity index (χ4n) is 1.44. The number of carbonyl (C=O) groups excluding carboxylic acids is 4. The summed E-state index contributed by atoms with van der Waals surface area (Å²) < 4.78 is 0. The second-order valence-electron chi connectivity index (χ2n) is 3.91. The minimum atomic E-state index is -1.53. The summed E-state index contributed by atoms with van der Waals surface area (Å²) in [5.74, 6) is -6.12. The third-order valence-corrected chi connectivity index (χ3v) is 2.14. The van der Waals surface area contributed by atoms with Gasteiger partial charge < -0.3 is 39.6 Å². The Bertz CT molecular complexity index is 321. The number of rotatable bonds is 11. The Morgan fingerprint density at radius 3 is 0.905 bits per heavy atom. The predicted octanol–water partition coefficient (Wildman–Crippen LogP) is -10.4. The summed E-state index contributed by atoms with van der Waals surface area (Å²) in [6, 6.07) is 0. The van der Waals surface area contributed by atoms with Gasteiger partial charge >= 0.3 is 29.6 Å². The monoisotopic (exact) mass is 311 g/mol. The largest absolute Gasteiger partial charge is 1.00 e. The van der Waals surface area contributed by atoms with E-state index in [1.54, 1.807) is 0 Å². The molecule has 0 amide bonds. The summed E-state index contributed by atoms with van der Waals surface area (Å²) in [4.78, 5) is 43.4. The molecule has 0 aliphatic carbocycles. The van der Waals surface area contributed by atoms with E-state index >= 15 is 0 Å². The molecule has 0 heterocycles. The number of carboxylic acid groups (broad SMARTS) is 4. The molecular formula is C10H12N2NaO8-3. The zero-order valence-corrected chi connectivity index (χ0v) is 13.4. The van der Waals surface area contributed by atoms with Gasteiger partial charge in [-0.25, -0.2) is 0 Å². The molecule has 0 spiro atoms. The van der Waals surface area contributed by atoms with Gasteiger partial charge in [0.2, 0.25) is 0 Å². The van der Waals surface area contributed by atoms with Crippen LogP contribution in [0.5, 0.6) is 0 Å². The van der Waals surface area contributed by atoms with Crippen molar-refractivity contribution >= 4 is 23.9 Å². The molecule has 11 heteroatoms. The number of carbonyl (C=O) groups is 4. The van der Waals surface area contributed by atoms with Gasteiger partial charge in [0.15, 0.2) is 0 Å². The summed E-state index contributed by atoms with van der Waals surface area (Å²) in [6.07, 6.45) is 0. The molecule has 0 aliphatic rings. The van der Waals surface area contributed by atoms with Crippen molar-refractivity contribution in [1.29, 1.82) is 0 Å². The first-order chi connectivity index (χ1) is 9.20. The van der Waals surface area contributed by atoms with E-state index in [0.717, 1.165) is 9.80 Å². The maximum atomic E-state index is 10.4. The van der Waals surface area contributed by atoms with Crippen molar-refractivity contribution in [2.75, 3.05) is 39.3 Å². The minimum Gasteiger partial charge on any atom is -0.549 e. The van der Waals surface area contributed by atoms with Gasteiger partial charge in [0.1, 0.15) is 0 Å². The van der Waals surface area contributed by atoms with E-state index in [0.29, 0.717) is 0 Å². The Balaban J connectivity index is 0. The first-order valence-electron chi connectivity index (χ1n) is 5.44. The summed E-state index contributed by atoms with van der Waals surface area (Å²) in [6.45, 7) is -3.25. The summed E-state index contributed by atoms with van der Waals surface area (Å²) in [5, 5.41) is 41.6. The van der Waals surface area contributed by atoms with E-state index in [1.807, 2.05) is 0 Å². The van der Waals surface area contributed by atoms with E-state index in [9.17, 15) is 39.6 Å². The quantitative estimate of drug-likeness (QED) is 0.334. The molecule has 0 aromatic heterocycles. The molecule has 0 aliphatic heterocycles. The molecule has 0 N–H and O–H groups in total. The SMILES string of the molecule is O=C([O-])CN(CCN(CC(=O)[O-])CC(=O)[O-])CC(=O)[O-].[Na+]. The summed E-state index contributed by atoms with van der Waals surface area (Å²) in [5.41, 5.74) is 0. The second-order valence-corrected chi connectivity index (χ2v) is 3.91. The van der Waals surface area contributed by atoms with E-state index in [1.165, 1.54) is 0 Å². The van der Waals surface area contributed by atoms with Crippen LogP contribution >= 0.6 is 0 Å². The molecule has 0 unspecified atom stereocenters. The number of hydrogen-bond acceptors (Lipinski definition) is 10. The molecule has 0 aromatic rings. The molecule has 0 bridgehead atoms. The van der Waals surface area contributed by atoms with Crippen LogP contribution in [-0.4, -0.2) is 72.9 Å². The van der Waals surface area contributed by atoms with Gasteiger partial charge in [0.25, 0.3) is 0 Å². The van der Waals surface area contributed by atoms with Crippen molar-refractivity contribution < 1.29 is 69.2 Å². The standard InChI is InChI=1S/C10H16N2O8.Na/c13-7(14)3-11(4-8(15)16)1-2-12(5-9(17)18)6-10(19)20;/h1-6H2,(H,13,14)(H,15,16)(H,17,18)(H,19,20);/q;+1/p-4. The molecule has 114 valence electrons. The van der Waals surface area contributed by atoms with Crippen molar-refractivity contribution in [1.82, 2.24) is 9.80 Å². The van der Waals surface area contributed by atoms with E-state index < -0.39 is 50.1 Å². The molecule has 10 nitrogen and oxygen atoms in total. The Labute approximate surface area is 142 Å². The van der Waals surface area contributed by atoms with Gasteiger partial charge in [0.05, 0.1) is 23.9 Å². The Morgan fingerprint density at radius 2 is 0.762 bits per heavy atom. The van der Waals surface area contributed by atoms with Crippen LogP contribution in [0.15, 0.2) is 0 Å². The van der Waals surface area contributed by atoms with Gasteiger partial charge in [-0.1, -0.05) is 0 Å². The van der Waals surface area contributed by atoms with Crippen LogP contribution in [0.1, 0.15) is 0 Å². The van der Waals surface area contributed by atoms with Gasteiger partial charge in [-0.05, 0) is 0 Å². The normalized spacial score (nSPS) is 10.2. The van der Waals surface area contributed by atoms with Crippen molar-refractivity contribution in [3.8, 4) is 0 Å². The number of carboxylic acids is 4. The Morgan fingerprint density at radius 1 is 0.571 bits per heavy atom. The third kappa shape index (κ3) is 13.5. The number of aliphatic carboxylic acids is 4. The molecule has 0 aromatic carbocycles. The molecule has 0 fully saturated rings. The fourth-order valence-corrected chi connectivity index (χ4v) is 1.44. The van der Waals surface area contributed by atoms with Gasteiger partial charge in [-0.15, -0.1) is 0 Å². The van der Waals surface area contributed by atoms with Crippen molar-refractivity contribution in [2.24, 2.45) is 0 Å². The third-order valence-electron chi connectivity index (χ3n) is 2.14. The van der Waals surface area contributed by atoms with E-state index in [-0.39, 0.29) is 42.6 Å². The van der Waals surface area contributed by atoms with Crippen molar-refractivity contribution in [3.63, 3.8) is 0 Å². The van der Waals surface area contributed by atoms with Crippen molar-refractivity contribution in [3.05, 3.63) is 0 Å². The molecule has 21 heavy (non-hydrogen) atoms. The summed E-state index contributed by atoms with van der Waals surface area (Å²) >= 11 is 0. The Kier molecular flexibility index (Phi) is 12.1. The number of nitrogens with zero attached hydrogens (tertiary/aromatic N) is 2. The first kappa shape index (κ1) is 22.1. The maximum Gasteiger partial charge on any atom is 1.00 e. The first-order valence-corrected chi connectivity index (χ1v) is 5.44. The molecular weight excluding hydrogens is 299 g/mol. The van der Waals surface area contributed by atoms with Gasteiger partial charge in [-0.3, -0.25) is 9.80 Å². The topological polar surface area (TPSA) is 167 Å². The van der Waals surface area contributed by atoms with Crippen LogP contribution in [0.25, 0.3) is 0 Å². The van der Waals surface area contributed by atoms with Crippen LogP contribution in [0.2, 0.25) is 0 Å². The van der Waals surface area contributed by atoms with Gasteiger partial charge in [-0.2, -0.15) is 0 Å². The average Bonchev–Trinajstić information content (AvgIpc) is 2.22. The van der Waals surface area contributed by atoms with E-state index in [4.69, 9.17) is 0 Å². The molecule has 0 saturated heterocycles. The van der Waals surface area contributed by atoms with Gasteiger partial charge in [0, 0.05) is 39.3 Å². The van der Waals surface area contributed by atoms with Crippen molar-refractivity contribution in [2.45, 2.75) is 0 Å². The smallest absolute Gasteiger partial charge is 0.549 e. The molecule has 0 atom stereocenters. The fraction of sp³-hybridized carbons (Fsp3) is 0.600. The van der Waals surface area contributed by atoms with Crippen LogP contribution in [0.3, 0.4) is 0 Å². The van der Waals surface area contributed by atoms with Crippen LogP contribution in [0.4, 0.5) is 0 Å². The molecule has 0 saturated carbocycles. The van der Waals surface area contributed by atoms with E-state index in [2.05, 4.69) is 0 Å². The molecule has 0 radical (unpaired) electrons. The Hall–Kier alpha value is -1.20. The van der Waals surface area contributed by atoms with Crippen LogP contribution in [0, 0.1) is 0 Å². The number of hydrogen-bond donors (Lipinski definition) is 0. The van der Waals surface area contributed by atoms with Crippen LogP contribution < -0.4 is 50.0 Å². The minimum absolute atomic E-state index is 0. The average molecular weight is 311 g/mol. The maximum absolute atomic E-state index is 10.4. The van der Waals surface area contributed by atoms with Crippen LogP contribution in [-0.2, 0) is 19.2 Å². The second kappa shape index (κ2) is 11.5.